The first-order valence-electron chi connectivity index (χ1n) is 8.90. The van der Waals surface area contributed by atoms with Gasteiger partial charge >= 0.3 is 0 Å². The van der Waals surface area contributed by atoms with Crippen molar-refractivity contribution >= 4 is 27.2 Å². The van der Waals surface area contributed by atoms with Gasteiger partial charge in [0.25, 0.3) is 0 Å². The summed E-state index contributed by atoms with van der Waals surface area (Å²) in [5, 5.41) is 0. The fraction of sp³-hybridized carbons (Fsp3) is 0.190. The zero-order chi connectivity index (χ0) is 19.1. The molecule has 140 valence electrons. The zero-order valence-corrected chi connectivity index (χ0v) is 16.1. The number of nitrogens with one attached hydrogen (secondary N) is 1. The first kappa shape index (κ1) is 18.9. The van der Waals surface area contributed by atoms with Crippen LogP contribution in [-0.4, -0.2) is 19.2 Å². The van der Waals surface area contributed by atoms with Crippen molar-refractivity contribution in [3.8, 4) is 0 Å². The maximum absolute atomic E-state index is 11.9. The number of anilines is 3. The lowest BCUT2D eigenvalue weighted by Crippen LogP contribution is -2.18. The van der Waals surface area contributed by atoms with E-state index < -0.39 is 10.0 Å². The minimum atomic E-state index is -3.34. The van der Waals surface area contributed by atoms with Crippen molar-refractivity contribution in [1.82, 2.24) is 4.98 Å². The van der Waals surface area contributed by atoms with E-state index in [1.165, 1.54) is 5.56 Å². The smallest absolute Gasteiger partial charge is 0.233 e. The lowest BCUT2D eigenvalue weighted by atomic mass is 10.2. The summed E-state index contributed by atoms with van der Waals surface area (Å²) in [5.74, 6) is 0.417. The van der Waals surface area contributed by atoms with E-state index in [-0.39, 0.29) is 5.75 Å². The summed E-state index contributed by atoms with van der Waals surface area (Å²) < 4.78 is 26.4. The molecule has 0 radical (unpaired) electrons. The molecular weight excluding hydrogens is 358 g/mol. The molecule has 0 unspecified atom stereocenters. The Morgan fingerprint density at radius 1 is 0.889 bits per heavy atom. The Morgan fingerprint density at radius 2 is 1.56 bits per heavy atom. The third-order valence-electron chi connectivity index (χ3n) is 4.04. The van der Waals surface area contributed by atoms with Crippen molar-refractivity contribution in [2.45, 2.75) is 19.9 Å². The van der Waals surface area contributed by atoms with Gasteiger partial charge in [-0.3, -0.25) is 4.72 Å². The highest BCUT2D eigenvalue weighted by atomic mass is 32.2. The molecule has 1 aromatic heterocycles. The molecule has 0 atom stereocenters. The van der Waals surface area contributed by atoms with Gasteiger partial charge in [0.2, 0.25) is 10.0 Å². The monoisotopic (exact) mass is 381 g/mol. The molecule has 0 bridgehead atoms. The molecule has 0 fully saturated rings. The van der Waals surface area contributed by atoms with E-state index in [1.54, 1.807) is 12.3 Å². The summed E-state index contributed by atoms with van der Waals surface area (Å²) in [6, 6.07) is 23.8. The Kier molecular flexibility index (Phi) is 6.08. The van der Waals surface area contributed by atoms with Crippen molar-refractivity contribution in [3.63, 3.8) is 0 Å². The lowest BCUT2D eigenvalue weighted by molar-refractivity contribution is 0.599. The molecule has 6 heteroatoms. The van der Waals surface area contributed by atoms with Crippen LogP contribution < -0.4 is 9.62 Å². The van der Waals surface area contributed by atoms with Gasteiger partial charge in [-0.15, -0.1) is 0 Å². The van der Waals surface area contributed by atoms with Crippen LogP contribution in [0.3, 0.4) is 0 Å². The summed E-state index contributed by atoms with van der Waals surface area (Å²) in [6.45, 7) is 2.52. The van der Waals surface area contributed by atoms with E-state index >= 15 is 0 Å². The van der Waals surface area contributed by atoms with Gasteiger partial charge in [-0.05, 0) is 36.2 Å². The Labute approximate surface area is 160 Å². The second-order valence-corrected chi connectivity index (χ2v) is 8.07. The number of nitrogens with zero attached hydrogens (tertiary/aromatic N) is 2. The molecule has 5 nitrogen and oxygen atoms in total. The highest BCUT2D eigenvalue weighted by molar-refractivity contribution is 7.92. The van der Waals surface area contributed by atoms with Crippen molar-refractivity contribution in [1.29, 1.82) is 0 Å². The summed E-state index contributed by atoms with van der Waals surface area (Å²) in [6.07, 6.45) is 2.26. The molecule has 27 heavy (non-hydrogen) atoms. The lowest BCUT2D eigenvalue weighted by Gasteiger charge is -2.25. The number of rotatable bonds is 8. The van der Waals surface area contributed by atoms with Crippen LogP contribution >= 0.6 is 0 Å². The summed E-state index contributed by atoms with van der Waals surface area (Å²) in [7, 11) is -3.34. The molecule has 2 aromatic carbocycles. The fourth-order valence-electron chi connectivity index (χ4n) is 2.79. The average Bonchev–Trinajstić information content (AvgIpc) is 2.68. The quantitative estimate of drug-likeness (QED) is 0.621. The molecule has 3 aromatic rings. The number of sulfonamides is 1. The van der Waals surface area contributed by atoms with Gasteiger partial charge in [-0.1, -0.05) is 55.5 Å². The minimum Gasteiger partial charge on any atom is -0.336 e. The highest BCUT2D eigenvalue weighted by Crippen LogP contribution is 2.27. The van der Waals surface area contributed by atoms with Gasteiger partial charge in [-0.25, -0.2) is 13.4 Å². The van der Waals surface area contributed by atoms with E-state index in [1.807, 2.05) is 61.5 Å². The Hall–Kier alpha value is -2.86. The molecule has 0 saturated carbocycles. The number of aromatic nitrogens is 1. The predicted octanol–water partition coefficient (Wildman–Crippen LogP) is 4.57. The summed E-state index contributed by atoms with van der Waals surface area (Å²) in [4.78, 5) is 6.45. The van der Waals surface area contributed by atoms with E-state index in [9.17, 15) is 8.42 Å². The van der Waals surface area contributed by atoms with E-state index in [4.69, 9.17) is 0 Å². The van der Waals surface area contributed by atoms with Gasteiger partial charge in [0.05, 0.1) is 17.6 Å². The molecule has 0 amide bonds. The first-order valence-corrected chi connectivity index (χ1v) is 10.6. The van der Waals surface area contributed by atoms with Crippen molar-refractivity contribution < 1.29 is 8.42 Å². The molecular formula is C21H23N3O2S. The maximum Gasteiger partial charge on any atom is 0.233 e. The van der Waals surface area contributed by atoms with Crippen LogP contribution in [0, 0.1) is 0 Å². The normalized spacial score (nSPS) is 11.1. The summed E-state index contributed by atoms with van der Waals surface area (Å²) in [5.41, 5.74) is 3.11. The maximum atomic E-state index is 11.9. The van der Waals surface area contributed by atoms with Crippen molar-refractivity contribution in [2.24, 2.45) is 0 Å². The molecule has 3 rings (SSSR count). The van der Waals surface area contributed by atoms with Crippen LogP contribution in [0.5, 0.6) is 0 Å². The number of pyridine rings is 1. The summed E-state index contributed by atoms with van der Waals surface area (Å²) >= 11 is 0. The molecule has 0 spiro atoms. The van der Waals surface area contributed by atoms with Crippen molar-refractivity contribution in [3.05, 3.63) is 84.6 Å². The molecule has 1 heterocycles. The van der Waals surface area contributed by atoms with Crippen LogP contribution in [0.25, 0.3) is 0 Å². The standard InChI is InChI=1S/C21H23N3O2S/c1-2-15-27(25,26)23-21-14-13-20(16-22-21)24(19-11-7-4-8-12-19)17-18-9-5-3-6-10-18/h3-14,16H,2,15,17H2,1H3,(H,22,23). The van der Waals surface area contributed by atoms with Crippen LogP contribution in [-0.2, 0) is 16.6 Å². The molecule has 0 aliphatic rings. The van der Waals surface area contributed by atoms with Crippen molar-refractivity contribution in [2.75, 3.05) is 15.4 Å². The van der Waals surface area contributed by atoms with Crippen LogP contribution in [0.15, 0.2) is 79.0 Å². The van der Waals surface area contributed by atoms with E-state index in [2.05, 4.69) is 26.7 Å². The molecule has 0 aliphatic heterocycles. The van der Waals surface area contributed by atoms with Crippen LogP contribution in [0.1, 0.15) is 18.9 Å². The third kappa shape index (κ3) is 5.31. The Balaban J connectivity index is 1.86. The highest BCUT2D eigenvalue weighted by Gasteiger charge is 2.13. The molecule has 0 aliphatic carbocycles. The number of hydrogen-bond acceptors (Lipinski definition) is 4. The topological polar surface area (TPSA) is 62.3 Å². The molecule has 0 saturated heterocycles. The fourth-order valence-corrected chi connectivity index (χ4v) is 3.87. The predicted molar refractivity (Wildman–Crippen MR) is 111 cm³/mol. The molecule has 1 N–H and O–H groups in total. The van der Waals surface area contributed by atoms with E-state index in [0.29, 0.717) is 18.8 Å². The number of hydrogen-bond donors (Lipinski definition) is 1. The zero-order valence-electron chi connectivity index (χ0n) is 15.2. The van der Waals surface area contributed by atoms with Gasteiger partial charge in [-0.2, -0.15) is 0 Å². The Bertz CT molecular complexity index is 944. The number of para-hydroxylation sites is 1. The van der Waals surface area contributed by atoms with Gasteiger partial charge in [0, 0.05) is 12.2 Å². The second-order valence-electron chi connectivity index (χ2n) is 6.23. The van der Waals surface area contributed by atoms with E-state index in [0.717, 1.165) is 11.4 Å². The van der Waals surface area contributed by atoms with Gasteiger partial charge in [0.1, 0.15) is 5.82 Å². The minimum absolute atomic E-state index is 0.0839. The third-order valence-corrected chi connectivity index (χ3v) is 5.51. The SMILES string of the molecule is CCCS(=O)(=O)Nc1ccc(N(Cc2ccccc2)c2ccccc2)cn1. The number of benzene rings is 2. The Morgan fingerprint density at radius 3 is 2.15 bits per heavy atom. The average molecular weight is 382 g/mol. The largest absolute Gasteiger partial charge is 0.336 e. The second kappa shape index (κ2) is 8.68. The first-order chi connectivity index (χ1) is 13.1. The van der Waals surface area contributed by atoms with Crippen LogP contribution in [0.2, 0.25) is 0 Å². The van der Waals surface area contributed by atoms with Gasteiger partial charge in [0.15, 0.2) is 0 Å². The van der Waals surface area contributed by atoms with Gasteiger partial charge < -0.3 is 4.90 Å². The van der Waals surface area contributed by atoms with Crippen LogP contribution in [0.4, 0.5) is 17.2 Å².